The van der Waals surface area contributed by atoms with E-state index < -0.39 is 0 Å². The molecular formula is C21H29NO3. The lowest BCUT2D eigenvalue weighted by Crippen LogP contribution is -2.42. The minimum atomic E-state index is -0.228. The van der Waals surface area contributed by atoms with Crippen LogP contribution in [0.15, 0.2) is 18.2 Å². The smallest absolute Gasteiger partial charge is 0.338 e. The normalized spacial score (nSPS) is 28.8. The van der Waals surface area contributed by atoms with Crippen molar-refractivity contribution in [2.45, 2.75) is 64.0 Å². The van der Waals surface area contributed by atoms with Gasteiger partial charge >= 0.3 is 5.97 Å². The number of esters is 1. The summed E-state index contributed by atoms with van der Waals surface area (Å²) < 4.78 is 11.4. The summed E-state index contributed by atoms with van der Waals surface area (Å²) in [5.41, 5.74) is 2.92. The number of anilines is 1. The molecule has 0 aromatic heterocycles. The van der Waals surface area contributed by atoms with Crippen LogP contribution in [-0.4, -0.2) is 25.2 Å². The highest BCUT2D eigenvalue weighted by Crippen LogP contribution is 2.48. The Morgan fingerprint density at radius 2 is 2.08 bits per heavy atom. The second-order valence-corrected chi connectivity index (χ2v) is 7.75. The fourth-order valence-electron chi connectivity index (χ4n) is 4.88. The van der Waals surface area contributed by atoms with Gasteiger partial charge in [-0.1, -0.05) is 26.2 Å². The lowest BCUT2D eigenvalue weighted by Gasteiger charge is -2.42. The van der Waals surface area contributed by atoms with Crippen LogP contribution in [0.5, 0.6) is 0 Å². The second-order valence-electron chi connectivity index (χ2n) is 7.75. The monoisotopic (exact) mass is 343 g/mol. The van der Waals surface area contributed by atoms with E-state index in [0.29, 0.717) is 24.1 Å². The summed E-state index contributed by atoms with van der Waals surface area (Å²) in [4.78, 5) is 12.2. The maximum absolute atomic E-state index is 12.2. The van der Waals surface area contributed by atoms with Gasteiger partial charge in [-0.25, -0.2) is 4.79 Å². The van der Waals surface area contributed by atoms with Crippen molar-refractivity contribution in [2.24, 2.45) is 11.8 Å². The van der Waals surface area contributed by atoms with Gasteiger partial charge in [0.15, 0.2) is 0 Å². The van der Waals surface area contributed by atoms with E-state index in [4.69, 9.17) is 9.47 Å². The molecule has 0 bridgehead atoms. The summed E-state index contributed by atoms with van der Waals surface area (Å²) in [6.45, 7) is 3.30. The highest BCUT2D eigenvalue weighted by molar-refractivity contribution is 5.90. The number of carbonyl (C=O) groups is 1. The van der Waals surface area contributed by atoms with Crippen molar-refractivity contribution in [2.75, 3.05) is 18.5 Å². The summed E-state index contributed by atoms with van der Waals surface area (Å²) in [7, 11) is 0. The van der Waals surface area contributed by atoms with Gasteiger partial charge < -0.3 is 14.8 Å². The predicted octanol–water partition coefficient (Wildman–Crippen LogP) is 4.71. The van der Waals surface area contributed by atoms with E-state index >= 15 is 0 Å². The van der Waals surface area contributed by atoms with Crippen LogP contribution >= 0.6 is 0 Å². The Morgan fingerprint density at radius 1 is 1.24 bits per heavy atom. The minimum absolute atomic E-state index is 0.127. The lowest BCUT2D eigenvalue weighted by atomic mass is 9.73. The third-order valence-corrected chi connectivity index (χ3v) is 6.11. The van der Waals surface area contributed by atoms with Crippen LogP contribution in [0.2, 0.25) is 0 Å². The van der Waals surface area contributed by atoms with Gasteiger partial charge in [0.05, 0.1) is 18.3 Å². The largest absolute Gasteiger partial charge is 0.462 e. The maximum Gasteiger partial charge on any atom is 0.338 e. The molecule has 4 nitrogen and oxygen atoms in total. The Bertz CT molecular complexity index is 624. The van der Waals surface area contributed by atoms with Gasteiger partial charge in [0, 0.05) is 29.8 Å². The molecule has 0 spiro atoms. The van der Waals surface area contributed by atoms with Crippen LogP contribution in [-0.2, 0) is 9.47 Å². The summed E-state index contributed by atoms with van der Waals surface area (Å²) in [5, 5.41) is 3.82. The van der Waals surface area contributed by atoms with Gasteiger partial charge in [-0.3, -0.25) is 0 Å². The molecule has 1 saturated heterocycles. The van der Waals surface area contributed by atoms with Gasteiger partial charge in [0.2, 0.25) is 0 Å². The summed E-state index contributed by atoms with van der Waals surface area (Å²) >= 11 is 0. The first-order chi connectivity index (χ1) is 12.3. The van der Waals surface area contributed by atoms with E-state index in [9.17, 15) is 4.79 Å². The van der Waals surface area contributed by atoms with E-state index in [1.807, 2.05) is 25.1 Å². The Morgan fingerprint density at radius 3 is 2.88 bits per heavy atom. The minimum Gasteiger partial charge on any atom is -0.462 e. The van der Waals surface area contributed by atoms with E-state index in [0.717, 1.165) is 36.6 Å². The molecule has 4 rings (SSSR count). The zero-order valence-corrected chi connectivity index (χ0v) is 15.1. The molecule has 1 unspecified atom stereocenters. The number of hydrogen-bond donors (Lipinski definition) is 1. The average molecular weight is 343 g/mol. The molecule has 25 heavy (non-hydrogen) atoms. The van der Waals surface area contributed by atoms with Gasteiger partial charge in [-0.2, -0.15) is 0 Å². The third-order valence-electron chi connectivity index (χ3n) is 6.11. The average Bonchev–Trinajstić information content (AvgIpc) is 3.16. The number of ether oxygens (including phenoxy) is 2. The van der Waals surface area contributed by atoms with Crippen molar-refractivity contribution in [1.82, 2.24) is 0 Å². The molecule has 2 heterocycles. The van der Waals surface area contributed by atoms with Crippen LogP contribution in [0, 0.1) is 11.8 Å². The Kier molecular flexibility index (Phi) is 4.98. The summed E-state index contributed by atoms with van der Waals surface area (Å²) in [6.07, 6.45) is 8.84. The van der Waals surface area contributed by atoms with Crippen molar-refractivity contribution < 1.29 is 14.3 Å². The molecule has 0 radical (unpaired) electrons. The van der Waals surface area contributed by atoms with Crippen LogP contribution < -0.4 is 5.32 Å². The quantitative estimate of drug-likeness (QED) is 0.805. The molecule has 136 valence electrons. The molecule has 1 aromatic carbocycles. The first kappa shape index (κ1) is 16.9. The molecular weight excluding hydrogens is 314 g/mol. The van der Waals surface area contributed by atoms with Gasteiger partial charge in [-0.15, -0.1) is 0 Å². The lowest BCUT2D eigenvalue weighted by molar-refractivity contribution is 0.0503. The summed E-state index contributed by atoms with van der Waals surface area (Å²) in [6, 6.07) is 6.43. The van der Waals surface area contributed by atoms with E-state index in [-0.39, 0.29) is 12.1 Å². The highest BCUT2D eigenvalue weighted by atomic mass is 16.5. The second kappa shape index (κ2) is 7.36. The number of carbonyl (C=O) groups excluding carboxylic acids is 1. The molecule has 3 atom stereocenters. The number of rotatable bonds is 4. The van der Waals surface area contributed by atoms with E-state index in [1.165, 1.54) is 32.1 Å². The van der Waals surface area contributed by atoms with Crippen LogP contribution in [0.3, 0.4) is 0 Å². The number of benzene rings is 1. The Hall–Kier alpha value is -1.55. The van der Waals surface area contributed by atoms with Crippen molar-refractivity contribution in [3.8, 4) is 0 Å². The molecule has 1 aliphatic carbocycles. The van der Waals surface area contributed by atoms with Gasteiger partial charge in [-0.05, 0) is 49.8 Å². The fraction of sp³-hybridized carbons (Fsp3) is 0.667. The molecule has 0 amide bonds. The SMILES string of the molecule is CCCOC(=O)c1ccc2c(c1)[C@H]1OCC[C@H]1C(C1CCCCC1)N2. The van der Waals surface area contributed by atoms with Gasteiger partial charge in [0.25, 0.3) is 0 Å². The summed E-state index contributed by atoms with van der Waals surface area (Å²) in [5.74, 6) is 1.05. The zero-order chi connectivity index (χ0) is 17.2. The number of hydrogen-bond acceptors (Lipinski definition) is 4. The van der Waals surface area contributed by atoms with Crippen molar-refractivity contribution in [3.63, 3.8) is 0 Å². The van der Waals surface area contributed by atoms with Crippen molar-refractivity contribution in [1.29, 1.82) is 0 Å². The first-order valence-electron chi connectivity index (χ1n) is 9.97. The molecule has 2 aliphatic heterocycles. The molecule has 1 aromatic rings. The topological polar surface area (TPSA) is 47.6 Å². The van der Waals surface area contributed by atoms with Crippen molar-refractivity contribution in [3.05, 3.63) is 29.3 Å². The van der Waals surface area contributed by atoms with Crippen LogP contribution in [0.1, 0.15) is 73.9 Å². The van der Waals surface area contributed by atoms with Crippen LogP contribution in [0.4, 0.5) is 5.69 Å². The number of nitrogens with one attached hydrogen (secondary N) is 1. The Labute approximate surface area is 150 Å². The number of fused-ring (bicyclic) bond motifs is 3. The van der Waals surface area contributed by atoms with E-state index in [2.05, 4.69) is 5.32 Å². The molecule has 4 heteroatoms. The Balaban J connectivity index is 1.59. The molecule has 1 N–H and O–H groups in total. The maximum atomic E-state index is 12.2. The fourth-order valence-corrected chi connectivity index (χ4v) is 4.88. The van der Waals surface area contributed by atoms with Crippen molar-refractivity contribution >= 4 is 11.7 Å². The van der Waals surface area contributed by atoms with Crippen LogP contribution in [0.25, 0.3) is 0 Å². The molecule has 2 fully saturated rings. The molecule has 1 saturated carbocycles. The van der Waals surface area contributed by atoms with E-state index in [1.54, 1.807) is 0 Å². The zero-order valence-electron chi connectivity index (χ0n) is 15.1. The van der Waals surface area contributed by atoms with Gasteiger partial charge in [0.1, 0.15) is 0 Å². The standard InChI is InChI=1S/C21H29NO3/c1-2-11-25-21(23)15-8-9-18-17(13-15)20-16(10-12-24-20)19(22-18)14-6-4-3-5-7-14/h8-9,13-14,16,19-20,22H,2-7,10-12H2,1H3/t16-,19?,20-/m0/s1. The predicted molar refractivity (Wildman–Crippen MR) is 97.8 cm³/mol. The first-order valence-corrected chi connectivity index (χ1v) is 9.97. The highest BCUT2D eigenvalue weighted by Gasteiger charge is 2.44. The molecule has 3 aliphatic rings. The third kappa shape index (κ3) is 3.29.